The summed E-state index contributed by atoms with van der Waals surface area (Å²) in [6.07, 6.45) is 1.68. The Morgan fingerprint density at radius 1 is 1.18 bits per heavy atom. The number of benzene rings is 1. The number of pyridine rings is 1. The van der Waals surface area contributed by atoms with Gasteiger partial charge in [-0.3, -0.25) is 0 Å². The number of aromatic nitrogens is 1. The molecule has 0 fully saturated rings. The fraction of sp³-hybridized carbons (Fsp3) is 0.0833. The van der Waals surface area contributed by atoms with Crippen LogP contribution in [0.15, 0.2) is 46.5 Å². The average Bonchev–Trinajstić information content (AvgIpc) is 2.34. The molecule has 5 heteroatoms. The van der Waals surface area contributed by atoms with Crippen LogP contribution >= 0.6 is 35.0 Å². The zero-order valence-corrected chi connectivity index (χ0v) is 11.1. The van der Waals surface area contributed by atoms with E-state index in [0.717, 1.165) is 10.5 Å². The van der Waals surface area contributed by atoms with Gasteiger partial charge in [-0.1, -0.05) is 41.0 Å². The summed E-state index contributed by atoms with van der Waals surface area (Å²) in [5, 5.41) is 10.9. The van der Waals surface area contributed by atoms with Crippen molar-refractivity contribution in [2.45, 2.75) is 16.5 Å². The third-order valence-corrected chi connectivity index (χ3v) is 4.05. The molecule has 1 aromatic heterocycles. The van der Waals surface area contributed by atoms with Gasteiger partial charge in [0, 0.05) is 11.1 Å². The van der Waals surface area contributed by atoms with Gasteiger partial charge >= 0.3 is 0 Å². The Bertz CT molecular complexity index is 534. The number of nitrogens with zero attached hydrogens (tertiary/aromatic N) is 1. The van der Waals surface area contributed by atoms with Gasteiger partial charge < -0.3 is 5.11 Å². The van der Waals surface area contributed by atoms with Gasteiger partial charge in [0.25, 0.3) is 0 Å². The molecule has 0 atom stereocenters. The zero-order chi connectivity index (χ0) is 12.3. The number of aliphatic hydroxyl groups is 1. The summed E-state index contributed by atoms with van der Waals surface area (Å²) in [4.78, 5) is 5.05. The van der Waals surface area contributed by atoms with Gasteiger partial charge in [-0.25, -0.2) is 4.98 Å². The normalized spacial score (nSPS) is 10.5. The standard InChI is InChI=1S/C12H9Cl2NOS/c13-9-2-1-5-15-12(9)17-11-4-3-8(7-16)6-10(11)14/h1-6,16H,7H2. The monoisotopic (exact) mass is 285 g/mol. The van der Waals surface area contributed by atoms with Crippen molar-refractivity contribution in [3.63, 3.8) is 0 Å². The summed E-state index contributed by atoms with van der Waals surface area (Å²) in [6, 6.07) is 8.98. The Morgan fingerprint density at radius 2 is 2.00 bits per heavy atom. The first kappa shape index (κ1) is 12.7. The second-order valence-corrected chi connectivity index (χ2v) is 5.16. The van der Waals surface area contributed by atoms with Crippen LogP contribution in [0.5, 0.6) is 0 Å². The van der Waals surface area contributed by atoms with E-state index in [1.807, 2.05) is 12.1 Å². The molecule has 2 nitrogen and oxygen atoms in total. The van der Waals surface area contributed by atoms with Crippen molar-refractivity contribution in [1.29, 1.82) is 0 Å². The second kappa shape index (κ2) is 5.74. The molecule has 17 heavy (non-hydrogen) atoms. The van der Waals surface area contributed by atoms with Crippen LogP contribution in [0, 0.1) is 0 Å². The largest absolute Gasteiger partial charge is 0.392 e. The van der Waals surface area contributed by atoms with E-state index >= 15 is 0 Å². The lowest BCUT2D eigenvalue weighted by atomic mass is 10.2. The predicted octanol–water partition coefficient (Wildman–Crippen LogP) is 4.03. The van der Waals surface area contributed by atoms with Crippen molar-refractivity contribution >= 4 is 35.0 Å². The van der Waals surface area contributed by atoms with Crippen LogP contribution in [0.1, 0.15) is 5.56 Å². The fourth-order valence-electron chi connectivity index (χ4n) is 1.28. The van der Waals surface area contributed by atoms with Gasteiger partial charge in [0.15, 0.2) is 0 Å². The number of hydrogen-bond donors (Lipinski definition) is 1. The first-order chi connectivity index (χ1) is 8.20. The van der Waals surface area contributed by atoms with Crippen LogP contribution in [0.4, 0.5) is 0 Å². The van der Waals surface area contributed by atoms with Crippen molar-refractivity contribution < 1.29 is 5.11 Å². The summed E-state index contributed by atoms with van der Waals surface area (Å²) in [7, 11) is 0. The second-order valence-electron chi connectivity index (χ2n) is 3.32. The maximum atomic E-state index is 8.99. The molecule has 0 radical (unpaired) electrons. The summed E-state index contributed by atoms with van der Waals surface area (Å²) in [5.74, 6) is 0. The highest BCUT2D eigenvalue weighted by Crippen LogP contribution is 2.35. The van der Waals surface area contributed by atoms with Crippen molar-refractivity contribution in [1.82, 2.24) is 4.98 Å². The van der Waals surface area contributed by atoms with Gasteiger partial charge in [0.05, 0.1) is 16.7 Å². The van der Waals surface area contributed by atoms with Crippen LogP contribution in [-0.2, 0) is 6.61 Å². The summed E-state index contributed by atoms with van der Waals surface area (Å²) in [5.41, 5.74) is 0.784. The Morgan fingerprint density at radius 3 is 2.65 bits per heavy atom. The minimum absolute atomic E-state index is 0.0188. The molecule has 0 bridgehead atoms. The van der Waals surface area contributed by atoms with Crippen LogP contribution in [0.3, 0.4) is 0 Å². The van der Waals surface area contributed by atoms with E-state index in [2.05, 4.69) is 4.98 Å². The van der Waals surface area contributed by atoms with Crippen molar-refractivity contribution in [3.8, 4) is 0 Å². The lowest BCUT2D eigenvalue weighted by molar-refractivity contribution is 0.282. The van der Waals surface area contributed by atoms with Crippen molar-refractivity contribution in [2.24, 2.45) is 0 Å². The molecular weight excluding hydrogens is 277 g/mol. The van der Waals surface area contributed by atoms with Gasteiger partial charge in [0.2, 0.25) is 0 Å². The van der Waals surface area contributed by atoms with Crippen molar-refractivity contribution in [3.05, 3.63) is 52.1 Å². The third kappa shape index (κ3) is 3.13. The molecule has 88 valence electrons. The number of rotatable bonds is 3. The number of aliphatic hydroxyl groups excluding tert-OH is 1. The van der Waals surface area contributed by atoms with Gasteiger partial charge in [-0.05, 0) is 29.8 Å². The third-order valence-electron chi connectivity index (χ3n) is 2.11. The minimum atomic E-state index is -0.0188. The van der Waals surface area contributed by atoms with E-state index in [0.29, 0.717) is 15.1 Å². The van der Waals surface area contributed by atoms with E-state index in [-0.39, 0.29) is 6.61 Å². The van der Waals surface area contributed by atoms with Crippen LogP contribution in [0.25, 0.3) is 0 Å². The molecule has 1 N–H and O–H groups in total. The Labute approximate surface area is 114 Å². The highest BCUT2D eigenvalue weighted by molar-refractivity contribution is 7.99. The first-order valence-electron chi connectivity index (χ1n) is 4.88. The molecule has 0 amide bonds. The van der Waals surface area contributed by atoms with Gasteiger partial charge in [-0.15, -0.1) is 0 Å². The maximum Gasteiger partial charge on any atom is 0.119 e. The lowest BCUT2D eigenvalue weighted by Crippen LogP contribution is -1.85. The van der Waals surface area contributed by atoms with E-state index < -0.39 is 0 Å². The SMILES string of the molecule is OCc1ccc(Sc2ncccc2Cl)c(Cl)c1. The Kier molecular flexibility index (Phi) is 4.29. The molecule has 2 rings (SSSR count). The molecule has 0 aliphatic heterocycles. The highest BCUT2D eigenvalue weighted by Gasteiger charge is 2.07. The first-order valence-corrected chi connectivity index (χ1v) is 6.45. The minimum Gasteiger partial charge on any atom is -0.392 e. The van der Waals surface area contributed by atoms with Crippen LogP contribution in [-0.4, -0.2) is 10.1 Å². The molecule has 1 heterocycles. The quantitative estimate of drug-likeness (QED) is 0.924. The molecule has 0 saturated heterocycles. The summed E-state index contributed by atoms with van der Waals surface area (Å²) < 4.78 is 0. The van der Waals surface area contributed by atoms with E-state index in [1.54, 1.807) is 24.4 Å². The number of halogens is 2. The Hall–Kier alpha value is -0.740. The van der Waals surface area contributed by atoms with Crippen LogP contribution < -0.4 is 0 Å². The maximum absolute atomic E-state index is 8.99. The topological polar surface area (TPSA) is 33.1 Å². The lowest BCUT2D eigenvalue weighted by Gasteiger charge is -2.06. The summed E-state index contributed by atoms with van der Waals surface area (Å²) in [6.45, 7) is -0.0188. The summed E-state index contributed by atoms with van der Waals surface area (Å²) >= 11 is 13.5. The zero-order valence-electron chi connectivity index (χ0n) is 8.73. The van der Waals surface area contributed by atoms with E-state index in [4.69, 9.17) is 28.3 Å². The molecule has 0 aliphatic carbocycles. The molecule has 2 aromatic rings. The fourth-order valence-corrected chi connectivity index (χ4v) is 2.61. The number of hydrogen-bond acceptors (Lipinski definition) is 3. The predicted molar refractivity (Wildman–Crippen MR) is 70.7 cm³/mol. The highest BCUT2D eigenvalue weighted by atomic mass is 35.5. The molecule has 0 unspecified atom stereocenters. The van der Waals surface area contributed by atoms with E-state index in [9.17, 15) is 0 Å². The molecule has 0 saturated carbocycles. The van der Waals surface area contributed by atoms with E-state index in [1.165, 1.54) is 11.8 Å². The van der Waals surface area contributed by atoms with Gasteiger partial charge in [0.1, 0.15) is 5.03 Å². The smallest absolute Gasteiger partial charge is 0.119 e. The average molecular weight is 286 g/mol. The Balaban J connectivity index is 2.28. The molecule has 0 aliphatic rings. The van der Waals surface area contributed by atoms with Crippen LogP contribution in [0.2, 0.25) is 10.0 Å². The van der Waals surface area contributed by atoms with Gasteiger partial charge in [-0.2, -0.15) is 0 Å². The molecular formula is C12H9Cl2NOS. The van der Waals surface area contributed by atoms with Crippen molar-refractivity contribution in [2.75, 3.05) is 0 Å². The molecule has 1 aromatic carbocycles. The molecule has 0 spiro atoms.